The molecule has 0 spiro atoms. The van der Waals surface area contributed by atoms with Crippen LogP contribution in [0.4, 0.5) is 0 Å². The highest BCUT2D eigenvalue weighted by atomic mass is 31.1. The second kappa shape index (κ2) is 8.33. The summed E-state index contributed by atoms with van der Waals surface area (Å²) in [6, 6.07) is 14.2. The van der Waals surface area contributed by atoms with Gasteiger partial charge in [-0.05, 0) is 136 Å². The second-order valence-electron chi connectivity index (χ2n) is 8.36. The minimum Gasteiger partial charge on any atom is -0.496 e. The van der Waals surface area contributed by atoms with Crippen LogP contribution in [-0.4, -0.2) is 7.11 Å². The van der Waals surface area contributed by atoms with E-state index in [1.807, 2.05) is 0 Å². The summed E-state index contributed by atoms with van der Waals surface area (Å²) < 4.78 is 5.64. The van der Waals surface area contributed by atoms with Crippen molar-refractivity contribution in [1.82, 2.24) is 0 Å². The lowest BCUT2D eigenvalue weighted by atomic mass is 10.0. The van der Waals surface area contributed by atoms with Gasteiger partial charge in [-0.1, -0.05) is 24.3 Å². The van der Waals surface area contributed by atoms with Gasteiger partial charge in [0, 0.05) is 0 Å². The average molecular weight is 405 g/mol. The Hall–Kier alpha value is -2.11. The van der Waals surface area contributed by atoms with Gasteiger partial charge in [-0.15, -0.1) is 0 Å². The molecular weight excluding hydrogens is 371 g/mol. The molecular formula is C27H33OP. The van der Waals surface area contributed by atoms with Crippen LogP contribution < -0.4 is 20.7 Å². The van der Waals surface area contributed by atoms with Crippen LogP contribution in [0.15, 0.2) is 36.4 Å². The molecule has 0 fully saturated rings. The quantitative estimate of drug-likeness (QED) is 0.491. The highest BCUT2D eigenvalue weighted by molar-refractivity contribution is 7.79. The first kappa shape index (κ1) is 21.6. The Morgan fingerprint density at radius 1 is 0.483 bits per heavy atom. The lowest BCUT2D eigenvalue weighted by molar-refractivity contribution is 0.408. The van der Waals surface area contributed by atoms with Crippen molar-refractivity contribution in [2.75, 3.05) is 7.11 Å². The molecule has 0 saturated carbocycles. The van der Waals surface area contributed by atoms with Crippen LogP contribution in [0.3, 0.4) is 0 Å². The van der Waals surface area contributed by atoms with E-state index in [0.717, 1.165) is 5.75 Å². The minimum atomic E-state index is -0.641. The van der Waals surface area contributed by atoms with Crippen molar-refractivity contribution < 1.29 is 4.74 Å². The zero-order chi connectivity index (χ0) is 21.5. The van der Waals surface area contributed by atoms with Gasteiger partial charge in [0.25, 0.3) is 0 Å². The fourth-order valence-corrected chi connectivity index (χ4v) is 6.94. The van der Waals surface area contributed by atoms with Crippen LogP contribution in [0.1, 0.15) is 44.5 Å². The Bertz CT molecular complexity index is 951. The molecule has 0 atom stereocenters. The lowest BCUT2D eigenvalue weighted by Crippen LogP contribution is -2.23. The molecule has 152 valence electrons. The van der Waals surface area contributed by atoms with Crippen molar-refractivity contribution >= 4 is 23.8 Å². The van der Waals surface area contributed by atoms with Gasteiger partial charge in [0.2, 0.25) is 0 Å². The van der Waals surface area contributed by atoms with E-state index >= 15 is 0 Å². The molecule has 3 aromatic rings. The van der Waals surface area contributed by atoms with Crippen LogP contribution in [0.25, 0.3) is 0 Å². The maximum absolute atomic E-state index is 5.64. The molecule has 0 heterocycles. The van der Waals surface area contributed by atoms with Crippen LogP contribution in [-0.2, 0) is 0 Å². The molecule has 0 radical (unpaired) electrons. The maximum Gasteiger partial charge on any atom is 0.124 e. The second-order valence-corrected chi connectivity index (χ2v) is 10.6. The molecule has 3 rings (SSSR count). The monoisotopic (exact) mass is 404 g/mol. The van der Waals surface area contributed by atoms with Crippen molar-refractivity contribution in [3.05, 3.63) is 80.9 Å². The third kappa shape index (κ3) is 4.12. The summed E-state index contributed by atoms with van der Waals surface area (Å²) in [6.45, 7) is 17.7. The maximum atomic E-state index is 5.64. The molecule has 0 bridgehead atoms. The van der Waals surface area contributed by atoms with Crippen LogP contribution in [0.5, 0.6) is 5.75 Å². The lowest BCUT2D eigenvalue weighted by Gasteiger charge is -2.24. The fourth-order valence-electron chi connectivity index (χ4n) is 4.11. The Labute approximate surface area is 177 Å². The van der Waals surface area contributed by atoms with Gasteiger partial charge in [-0.25, -0.2) is 0 Å². The molecule has 2 heteroatoms. The van der Waals surface area contributed by atoms with Gasteiger partial charge in [0.05, 0.1) is 7.11 Å². The van der Waals surface area contributed by atoms with Crippen molar-refractivity contribution in [1.29, 1.82) is 0 Å². The minimum absolute atomic E-state index is 0.641. The number of benzene rings is 3. The van der Waals surface area contributed by atoms with Crippen molar-refractivity contribution in [2.45, 2.75) is 55.4 Å². The van der Waals surface area contributed by atoms with E-state index in [0.29, 0.717) is 0 Å². The third-order valence-corrected chi connectivity index (χ3v) is 8.57. The van der Waals surface area contributed by atoms with E-state index in [2.05, 4.69) is 91.8 Å². The van der Waals surface area contributed by atoms with E-state index in [9.17, 15) is 0 Å². The molecule has 0 unspecified atom stereocenters. The Morgan fingerprint density at radius 2 is 0.759 bits per heavy atom. The first-order chi connectivity index (χ1) is 13.6. The highest BCUT2D eigenvalue weighted by Gasteiger charge is 2.21. The van der Waals surface area contributed by atoms with Gasteiger partial charge in [-0.3, -0.25) is 0 Å². The average Bonchev–Trinajstić information content (AvgIpc) is 2.64. The Morgan fingerprint density at radius 3 is 1.03 bits per heavy atom. The van der Waals surface area contributed by atoms with Gasteiger partial charge < -0.3 is 4.74 Å². The van der Waals surface area contributed by atoms with Crippen LogP contribution >= 0.6 is 7.92 Å². The summed E-state index contributed by atoms with van der Waals surface area (Å²) in [5, 5.41) is 4.24. The van der Waals surface area contributed by atoms with E-state index < -0.39 is 7.92 Å². The summed E-state index contributed by atoms with van der Waals surface area (Å²) in [5.74, 6) is 0.997. The van der Waals surface area contributed by atoms with Crippen molar-refractivity contribution in [3.63, 3.8) is 0 Å². The Balaban J connectivity index is 2.31. The van der Waals surface area contributed by atoms with Crippen LogP contribution in [0.2, 0.25) is 0 Å². The van der Waals surface area contributed by atoms with E-state index in [4.69, 9.17) is 4.74 Å². The molecule has 0 N–H and O–H groups in total. The first-order valence-corrected chi connectivity index (χ1v) is 11.6. The summed E-state index contributed by atoms with van der Waals surface area (Å²) in [5.41, 5.74) is 10.7. The standard InChI is InChI=1S/C27H33OP/c1-16-10-24(11-17(2)22(16)7)29(25-12-18(3)23(8)19(4)13-25)26-14-20(5)27(28-9)21(6)15-26/h10-15H,1-9H3. The summed E-state index contributed by atoms with van der Waals surface area (Å²) in [6.07, 6.45) is 0. The third-order valence-electron chi connectivity index (χ3n) is 6.25. The van der Waals surface area contributed by atoms with Gasteiger partial charge >= 0.3 is 0 Å². The largest absolute Gasteiger partial charge is 0.496 e. The van der Waals surface area contributed by atoms with Crippen molar-refractivity contribution in [3.8, 4) is 5.75 Å². The van der Waals surface area contributed by atoms with Crippen molar-refractivity contribution in [2.24, 2.45) is 0 Å². The van der Waals surface area contributed by atoms with Gasteiger partial charge in [0.15, 0.2) is 0 Å². The molecule has 0 aliphatic heterocycles. The predicted octanol–water partition coefficient (Wildman–Crippen LogP) is 5.92. The molecule has 0 aliphatic carbocycles. The first-order valence-electron chi connectivity index (χ1n) is 10.2. The molecule has 0 amide bonds. The normalized spacial score (nSPS) is 11.2. The van der Waals surface area contributed by atoms with E-state index in [1.165, 1.54) is 60.4 Å². The topological polar surface area (TPSA) is 9.23 Å². The molecule has 0 aliphatic rings. The SMILES string of the molecule is COc1c(C)cc(P(c2cc(C)c(C)c(C)c2)c2cc(C)c(C)c(C)c2)cc1C. The molecule has 3 aromatic carbocycles. The number of aryl methyl sites for hydroxylation is 6. The summed E-state index contributed by atoms with van der Waals surface area (Å²) in [7, 11) is 1.12. The van der Waals surface area contributed by atoms with Crippen LogP contribution in [0, 0.1) is 55.4 Å². The zero-order valence-electron chi connectivity index (χ0n) is 19.3. The summed E-state index contributed by atoms with van der Waals surface area (Å²) >= 11 is 0. The highest BCUT2D eigenvalue weighted by Crippen LogP contribution is 2.37. The van der Waals surface area contributed by atoms with Gasteiger partial charge in [0.1, 0.15) is 5.75 Å². The molecule has 29 heavy (non-hydrogen) atoms. The number of rotatable bonds is 4. The molecule has 0 saturated heterocycles. The number of hydrogen-bond donors (Lipinski definition) is 0. The molecule has 0 aromatic heterocycles. The predicted molar refractivity (Wildman–Crippen MR) is 130 cm³/mol. The van der Waals surface area contributed by atoms with Gasteiger partial charge in [-0.2, -0.15) is 0 Å². The zero-order valence-corrected chi connectivity index (χ0v) is 20.2. The smallest absolute Gasteiger partial charge is 0.124 e. The molecule has 1 nitrogen and oxygen atoms in total. The summed E-state index contributed by atoms with van der Waals surface area (Å²) in [4.78, 5) is 0. The van der Waals surface area contributed by atoms with E-state index in [-0.39, 0.29) is 0 Å². The number of methoxy groups -OCH3 is 1. The van der Waals surface area contributed by atoms with E-state index in [1.54, 1.807) is 7.11 Å². The number of ether oxygens (including phenoxy) is 1. The number of hydrogen-bond acceptors (Lipinski definition) is 1. The Kier molecular flexibility index (Phi) is 6.20. The fraction of sp³-hybridized carbons (Fsp3) is 0.333.